The molecule has 1 saturated carbocycles. The Labute approximate surface area is 112 Å². The van der Waals surface area contributed by atoms with E-state index in [2.05, 4.69) is 0 Å². The first kappa shape index (κ1) is 14.1. The molecule has 2 nitrogen and oxygen atoms in total. The van der Waals surface area contributed by atoms with Crippen LogP contribution in [0, 0.1) is 17.0 Å². The molecule has 0 unspecified atom stereocenters. The van der Waals surface area contributed by atoms with Gasteiger partial charge in [0.25, 0.3) is 0 Å². The second-order valence-electron chi connectivity index (χ2n) is 5.35. The number of ketones is 1. The minimum Gasteiger partial charge on any atom is -0.329 e. The van der Waals surface area contributed by atoms with Crippen LogP contribution in [-0.2, 0) is 11.2 Å². The highest BCUT2D eigenvalue weighted by Gasteiger charge is 2.38. The van der Waals surface area contributed by atoms with Crippen LogP contribution in [0.25, 0.3) is 0 Å². The molecule has 1 aromatic rings. The molecule has 0 aliphatic heterocycles. The topological polar surface area (TPSA) is 43.1 Å². The molecular formula is C15H19F2NO. The molecule has 0 aromatic heterocycles. The zero-order valence-corrected chi connectivity index (χ0v) is 10.9. The smallest absolute Gasteiger partial charge is 0.144 e. The summed E-state index contributed by atoms with van der Waals surface area (Å²) in [5, 5.41) is 0. The first-order chi connectivity index (χ1) is 9.09. The van der Waals surface area contributed by atoms with Gasteiger partial charge >= 0.3 is 0 Å². The molecule has 4 heteroatoms. The van der Waals surface area contributed by atoms with E-state index in [0.717, 1.165) is 32.1 Å². The third-order valence-electron chi connectivity index (χ3n) is 4.19. The van der Waals surface area contributed by atoms with Crippen LogP contribution in [-0.4, -0.2) is 12.3 Å². The molecule has 0 saturated heterocycles. The van der Waals surface area contributed by atoms with E-state index in [1.807, 2.05) is 0 Å². The molecule has 0 amide bonds. The first-order valence-corrected chi connectivity index (χ1v) is 6.75. The van der Waals surface area contributed by atoms with Gasteiger partial charge in [0.2, 0.25) is 0 Å². The highest BCUT2D eigenvalue weighted by molar-refractivity contribution is 5.87. The lowest BCUT2D eigenvalue weighted by Crippen LogP contribution is -2.41. The van der Waals surface area contributed by atoms with E-state index < -0.39 is 17.0 Å². The molecule has 0 radical (unpaired) electrons. The third kappa shape index (κ3) is 2.84. The van der Waals surface area contributed by atoms with Gasteiger partial charge in [-0.2, -0.15) is 0 Å². The van der Waals surface area contributed by atoms with Gasteiger partial charge in [-0.05, 0) is 25.0 Å². The van der Waals surface area contributed by atoms with Crippen molar-refractivity contribution in [1.82, 2.24) is 0 Å². The van der Waals surface area contributed by atoms with E-state index >= 15 is 0 Å². The molecule has 1 aromatic carbocycles. The van der Waals surface area contributed by atoms with Crippen molar-refractivity contribution in [2.75, 3.05) is 6.54 Å². The van der Waals surface area contributed by atoms with Crippen LogP contribution < -0.4 is 5.73 Å². The molecular weight excluding hydrogens is 248 g/mol. The van der Waals surface area contributed by atoms with Crippen molar-refractivity contribution < 1.29 is 13.6 Å². The summed E-state index contributed by atoms with van der Waals surface area (Å²) in [6.07, 6.45) is 4.29. The lowest BCUT2D eigenvalue weighted by molar-refractivity contribution is -0.129. The van der Waals surface area contributed by atoms with Crippen molar-refractivity contribution in [3.05, 3.63) is 35.4 Å². The lowest BCUT2D eigenvalue weighted by atomic mass is 9.70. The van der Waals surface area contributed by atoms with E-state index in [9.17, 15) is 13.6 Å². The van der Waals surface area contributed by atoms with Gasteiger partial charge in [0.1, 0.15) is 17.4 Å². The molecule has 104 valence electrons. The molecule has 19 heavy (non-hydrogen) atoms. The van der Waals surface area contributed by atoms with Crippen molar-refractivity contribution in [2.45, 2.75) is 38.5 Å². The Bertz CT molecular complexity index is 447. The Morgan fingerprint density at radius 2 is 1.74 bits per heavy atom. The van der Waals surface area contributed by atoms with Crippen molar-refractivity contribution in [1.29, 1.82) is 0 Å². The molecule has 2 rings (SSSR count). The standard InChI is InChI=1S/C15H19F2NO/c16-12-5-4-6-13(17)11(12)9-14(19)15(10-18)7-2-1-3-8-15/h4-6H,1-3,7-10,18H2. The molecule has 0 spiro atoms. The summed E-state index contributed by atoms with van der Waals surface area (Å²) in [6.45, 7) is 0.266. The van der Waals surface area contributed by atoms with Gasteiger partial charge < -0.3 is 5.73 Å². The van der Waals surface area contributed by atoms with Gasteiger partial charge in [0.05, 0.1) is 0 Å². The summed E-state index contributed by atoms with van der Waals surface area (Å²) >= 11 is 0. The number of hydrogen-bond donors (Lipinski definition) is 1. The lowest BCUT2D eigenvalue weighted by Gasteiger charge is -2.34. The van der Waals surface area contributed by atoms with E-state index in [1.165, 1.54) is 18.2 Å². The zero-order valence-electron chi connectivity index (χ0n) is 10.9. The molecule has 0 heterocycles. The van der Waals surface area contributed by atoms with Crippen molar-refractivity contribution in [2.24, 2.45) is 11.1 Å². The molecule has 0 atom stereocenters. The summed E-state index contributed by atoms with van der Waals surface area (Å²) < 4.78 is 27.2. The van der Waals surface area contributed by atoms with Crippen molar-refractivity contribution in [3.8, 4) is 0 Å². The van der Waals surface area contributed by atoms with Gasteiger partial charge in [-0.25, -0.2) is 8.78 Å². The number of rotatable bonds is 4. The summed E-state index contributed by atoms with van der Waals surface area (Å²) in [7, 11) is 0. The van der Waals surface area contributed by atoms with E-state index in [0.29, 0.717) is 0 Å². The minimum atomic E-state index is -0.656. The van der Waals surface area contributed by atoms with Gasteiger partial charge in [-0.3, -0.25) is 4.79 Å². The van der Waals surface area contributed by atoms with Gasteiger partial charge in [0.15, 0.2) is 0 Å². The van der Waals surface area contributed by atoms with E-state index in [-0.39, 0.29) is 24.3 Å². The van der Waals surface area contributed by atoms with Crippen LogP contribution in [0.1, 0.15) is 37.7 Å². The fourth-order valence-electron chi connectivity index (χ4n) is 2.87. The van der Waals surface area contributed by atoms with Crippen molar-refractivity contribution >= 4 is 5.78 Å². The van der Waals surface area contributed by atoms with Crippen LogP contribution in [0.3, 0.4) is 0 Å². The number of carbonyl (C=O) groups is 1. The average molecular weight is 267 g/mol. The SMILES string of the molecule is NCC1(C(=O)Cc2c(F)cccc2F)CCCCC1. The van der Waals surface area contributed by atoms with Crippen LogP contribution in [0.15, 0.2) is 18.2 Å². The number of halogens is 2. The first-order valence-electron chi connectivity index (χ1n) is 6.75. The van der Waals surface area contributed by atoms with Crippen LogP contribution in [0.4, 0.5) is 8.78 Å². The summed E-state index contributed by atoms with van der Waals surface area (Å²) in [5.41, 5.74) is 5.05. The van der Waals surface area contributed by atoms with Crippen LogP contribution in [0.2, 0.25) is 0 Å². The Hall–Kier alpha value is -1.29. The second kappa shape index (κ2) is 5.78. The Morgan fingerprint density at radius 1 is 1.16 bits per heavy atom. The maximum atomic E-state index is 13.6. The fourth-order valence-corrected chi connectivity index (χ4v) is 2.87. The predicted octanol–water partition coefficient (Wildman–Crippen LogP) is 2.99. The molecule has 1 aliphatic carbocycles. The van der Waals surface area contributed by atoms with Crippen LogP contribution in [0.5, 0.6) is 0 Å². The number of benzene rings is 1. The number of nitrogens with two attached hydrogens (primary N) is 1. The van der Waals surface area contributed by atoms with Gasteiger partial charge in [-0.1, -0.05) is 25.3 Å². The summed E-state index contributed by atoms with van der Waals surface area (Å²) in [6, 6.07) is 3.67. The predicted molar refractivity (Wildman–Crippen MR) is 69.6 cm³/mol. The Kier molecular flexibility index (Phi) is 4.30. The fraction of sp³-hybridized carbons (Fsp3) is 0.533. The quantitative estimate of drug-likeness (QED) is 0.911. The van der Waals surface area contributed by atoms with E-state index in [1.54, 1.807) is 0 Å². The molecule has 2 N–H and O–H groups in total. The van der Waals surface area contributed by atoms with Crippen molar-refractivity contribution in [3.63, 3.8) is 0 Å². The van der Waals surface area contributed by atoms with Gasteiger partial charge in [0, 0.05) is 23.9 Å². The minimum absolute atomic E-state index is 0.126. The number of carbonyl (C=O) groups excluding carboxylic acids is 1. The van der Waals surface area contributed by atoms with E-state index in [4.69, 9.17) is 5.73 Å². The Morgan fingerprint density at radius 3 is 2.26 bits per heavy atom. The average Bonchev–Trinajstić information content (AvgIpc) is 2.43. The third-order valence-corrected chi connectivity index (χ3v) is 4.19. The monoisotopic (exact) mass is 267 g/mol. The normalized spacial score (nSPS) is 18.3. The second-order valence-corrected chi connectivity index (χ2v) is 5.35. The van der Waals surface area contributed by atoms with Crippen LogP contribution >= 0.6 is 0 Å². The van der Waals surface area contributed by atoms with Gasteiger partial charge in [-0.15, -0.1) is 0 Å². The maximum absolute atomic E-state index is 13.6. The molecule has 1 aliphatic rings. The number of Topliss-reactive ketones (excluding diaryl/α,β-unsaturated/α-hetero) is 1. The molecule has 1 fully saturated rings. The molecule has 0 bridgehead atoms. The Balaban J connectivity index is 2.20. The maximum Gasteiger partial charge on any atom is 0.144 e. The highest BCUT2D eigenvalue weighted by Crippen LogP contribution is 2.37. The highest BCUT2D eigenvalue weighted by atomic mass is 19.1. The summed E-state index contributed by atoms with van der Waals surface area (Å²) in [4.78, 5) is 12.4. The number of hydrogen-bond acceptors (Lipinski definition) is 2. The summed E-state index contributed by atoms with van der Waals surface area (Å²) in [5.74, 6) is -1.44. The largest absolute Gasteiger partial charge is 0.329 e. The zero-order chi connectivity index (χ0) is 13.9.